The number of hydrogen-bond donors (Lipinski definition) is 1. The third-order valence-electron chi connectivity index (χ3n) is 5.17. The molecule has 0 radical (unpaired) electrons. The Kier molecular flexibility index (Phi) is 6.29. The van der Waals surface area contributed by atoms with Gasteiger partial charge in [0.2, 0.25) is 11.8 Å². The van der Waals surface area contributed by atoms with E-state index in [-0.39, 0.29) is 29.6 Å². The molecule has 1 N–H and O–H groups in total. The number of aromatic nitrogens is 1. The first-order valence-corrected chi connectivity index (χ1v) is 9.59. The van der Waals surface area contributed by atoms with Gasteiger partial charge in [-0.25, -0.2) is 0 Å². The third-order valence-corrected chi connectivity index (χ3v) is 5.17. The molecule has 1 aliphatic rings. The Morgan fingerprint density at radius 1 is 1.25 bits per heavy atom. The molecule has 2 atom stereocenters. The summed E-state index contributed by atoms with van der Waals surface area (Å²) in [6.45, 7) is 5.16. The highest BCUT2D eigenvalue weighted by Gasteiger charge is 2.40. The highest BCUT2D eigenvalue weighted by Crippen LogP contribution is 2.35. The molecule has 148 valence electrons. The first-order valence-electron chi connectivity index (χ1n) is 9.59. The standard InChI is InChI=1S/C22H27N3O3/c1-15(2)22(27)25-13-19(17-7-4-8-18(10-17)28-3)20(14-25)21(26)24-12-16-6-5-9-23-11-16/h4-11,15,19-20H,12-14H2,1-3H3,(H,24,26)/t19-,20-/m0/s1. The average Bonchev–Trinajstić information content (AvgIpc) is 3.17. The lowest BCUT2D eigenvalue weighted by molar-refractivity contribution is -0.133. The lowest BCUT2D eigenvalue weighted by Gasteiger charge is -2.19. The van der Waals surface area contributed by atoms with E-state index in [1.165, 1.54) is 0 Å². The highest BCUT2D eigenvalue weighted by molar-refractivity contribution is 5.84. The van der Waals surface area contributed by atoms with E-state index in [1.807, 2.05) is 55.1 Å². The molecular weight excluding hydrogens is 354 g/mol. The van der Waals surface area contributed by atoms with Crippen LogP contribution in [0.15, 0.2) is 48.8 Å². The largest absolute Gasteiger partial charge is 0.497 e. The van der Waals surface area contributed by atoms with Crippen LogP contribution in [0.25, 0.3) is 0 Å². The Labute approximate surface area is 165 Å². The summed E-state index contributed by atoms with van der Waals surface area (Å²) in [5.41, 5.74) is 1.96. The van der Waals surface area contributed by atoms with Crippen molar-refractivity contribution in [1.29, 1.82) is 0 Å². The number of rotatable bonds is 6. The van der Waals surface area contributed by atoms with Crippen molar-refractivity contribution in [1.82, 2.24) is 15.2 Å². The van der Waals surface area contributed by atoms with Crippen LogP contribution in [-0.2, 0) is 16.1 Å². The third kappa shape index (κ3) is 4.50. The molecule has 1 fully saturated rings. The summed E-state index contributed by atoms with van der Waals surface area (Å²) in [7, 11) is 1.63. The fourth-order valence-corrected chi connectivity index (χ4v) is 3.65. The Morgan fingerprint density at radius 3 is 2.75 bits per heavy atom. The van der Waals surface area contributed by atoms with Gasteiger partial charge in [0, 0.05) is 43.9 Å². The number of methoxy groups -OCH3 is 1. The Morgan fingerprint density at radius 2 is 2.07 bits per heavy atom. The van der Waals surface area contributed by atoms with E-state index >= 15 is 0 Å². The SMILES string of the molecule is COc1cccc([C@@H]2CN(C(=O)C(C)C)C[C@@H]2C(=O)NCc2cccnc2)c1. The zero-order valence-electron chi connectivity index (χ0n) is 16.6. The maximum atomic E-state index is 13.0. The van der Waals surface area contributed by atoms with Crippen molar-refractivity contribution < 1.29 is 14.3 Å². The molecule has 0 bridgehead atoms. The maximum absolute atomic E-state index is 13.0. The molecule has 28 heavy (non-hydrogen) atoms. The zero-order valence-corrected chi connectivity index (χ0v) is 16.6. The molecule has 6 nitrogen and oxygen atoms in total. The zero-order chi connectivity index (χ0) is 20.1. The molecular formula is C22H27N3O3. The van der Waals surface area contributed by atoms with Crippen LogP contribution < -0.4 is 10.1 Å². The van der Waals surface area contributed by atoms with E-state index in [4.69, 9.17) is 4.74 Å². The summed E-state index contributed by atoms with van der Waals surface area (Å²) in [5.74, 6) is 0.327. The number of benzene rings is 1. The predicted octanol–water partition coefficient (Wildman–Crippen LogP) is 2.60. The van der Waals surface area contributed by atoms with Crippen molar-refractivity contribution in [2.75, 3.05) is 20.2 Å². The van der Waals surface area contributed by atoms with E-state index in [0.717, 1.165) is 16.9 Å². The second-order valence-corrected chi connectivity index (χ2v) is 7.47. The molecule has 0 aliphatic carbocycles. The number of pyridine rings is 1. The van der Waals surface area contributed by atoms with Crippen molar-refractivity contribution in [2.24, 2.45) is 11.8 Å². The molecule has 1 aromatic heterocycles. The number of likely N-dealkylation sites (tertiary alicyclic amines) is 1. The molecule has 2 heterocycles. The summed E-state index contributed by atoms with van der Waals surface area (Å²) >= 11 is 0. The number of nitrogens with zero attached hydrogens (tertiary/aromatic N) is 2. The topological polar surface area (TPSA) is 71.5 Å². The molecule has 2 aromatic rings. The highest BCUT2D eigenvalue weighted by atomic mass is 16.5. The van der Waals surface area contributed by atoms with Crippen molar-refractivity contribution in [3.8, 4) is 5.75 Å². The number of ether oxygens (including phenoxy) is 1. The lowest BCUT2D eigenvalue weighted by atomic mass is 9.88. The molecule has 1 saturated heterocycles. The van der Waals surface area contributed by atoms with Gasteiger partial charge in [-0.2, -0.15) is 0 Å². The van der Waals surface area contributed by atoms with E-state index in [2.05, 4.69) is 10.3 Å². The lowest BCUT2D eigenvalue weighted by Crippen LogP contribution is -2.36. The van der Waals surface area contributed by atoms with E-state index in [9.17, 15) is 9.59 Å². The molecule has 3 rings (SSSR count). The number of hydrogen-bond acceptors (Lipinski definition) is 4. The minimum absolute atomic E-state index is 0.0456. The van der Waals surface area contributed by atoms with Crippen LogP contribution in [0.4, 0.5) is 0 Å². The maximum Gasteiger partial charge on any atom is 0.225 e. The van der Waals surface area contributed by atoms with Gasteiger partial charge in [-0.05, 0) is 29.3 Å². The van der Waals surface area contributed by atoms with E-state index in [1.54, 1.807) is 19.5 Å². The molecule has 0 saturated carbocycles. The van der Waals surface area contributed by atoms with Crippen molar-refractivity contribution >= 4 is 11.8 Å². The smallest absolute Gasteiger partial charge is 0.225 e. The van der Waals surface area contributed by atoms with Gasteiger partial charge in [-0.3, -0.25) is 14.6 Å². The predicted molar refractivity (Wildman–Crippen MR) is 107 cm³/mol. The number of nitrogens with one attached hydrogen (secondary N) is 1. The second-order valence-electron chi connectivity index (χ2n) is 7.47. The Hall–Kier alpha value is -2.89. The monoisotopic (exact) mass is 381 g/mol. The average molecular weight is 381 g/mol. The van der Waals surface area contributed by atoms with E-state index < -0.39 is 0 Å². The molecule has 1 aromatic carbocycles. The molecule has 0 spiro atoms. The van der Waals surface area contributed by atoms with Crippen molar-refractivity contribution in [3.05, 3.63) is 59.9 Å². The quantitative estimate of drug-likeness (QED) is 0.835. The van der Waals surface area contributed by atoms with Gasteiger partial charge in [0.05, 0.1) is 13.0 Å². The van der Waals surface area contributed by atoms with Gasteiger partial charge in [-0.1, -0.05) is 32.0 Å². The van der Waals surface area contributed by atoms with Crippen LogP contribution >= 0.6 is 0 Å². The van der Waals surface area contributed by atoms with Gasteiger partial charge in [0.15, 0.2) is 0 Å². The number of carbonyl (C=O) groups is 2. The minimum Gasteiger partial charge on any atom is -0.497 e. The van der Waals surface area contributed by atoms with Crippen molar-refractivity contribution in [3.63, 3.8) is 0 Å². The summed E-state index contributed by atoms with van der Waals surface area (Å²) in [5, 5.41) is 3.01. The van der Waals surface area contributed by atoms with Crippen LogP contribution in [0.2, 0.25) is 0 Å². The first kappa shape index (κ1) is 19.9. The summed E-state index contributed by atoms with van der Waals surface area (Å²) in [4.78, 5) is 31.4. The Bertz CT molecular complexity index is 823. The van der Waals surface area contributed by atoms with Crippen LogP contribution in [0, 0.1) is 11.8 Å². The minimum atomic E-state index is -0.300. The van der Waals surface area contributed by atoms with Crippen molar-refractivity contribution in [2.45, 2.75) is 26.3 Å². The summed E-state index contributed by atoms with van der Waals surface area (Å²) < 4.78 is 5.34. The van der Waals surface area contributed by atoms with Gasteiger partial charge in [0.25, 0.3) is 0 Å². The van der Waals surface area contributed by atoms with Crippen LogP contribution in [0.5, 0.6) is 5.75 Å². The molecule has 1 aliphatic heterocycles. The number of carbonyl (C=O) groups excluding carboxylic acids is 2. The normalized spacial score (nSPS) is 18.9. The number of amides is 2. The van der Waals surface area contributed by atoms with Gasteiger partial charge >= 0.3 is 0 Å². The van der Waals surface area contributed by atoms with Gasteiger partial charge in [0.1, 0.15) is 5.75 Å². The van der Waals surface area contributed by atoms with Crippen LogP contribution in [0.3, 0.4) is 0 Å². The first-order chi connectivity index (χ1) is 13.5. The fraction of sp³-hybridized carbons (Fsp3) is 0.409. The van der Waals surface area contributed by atoms with E-state index in [0.29, 0.717) is 19.6 Å². The van der Waals surface area contributed by atoms with Gasteiger partial charge in [-0.15, -0.1) is 0 Å². The summed E-state index contributed by atoms with van der Waals surface area (Å²) in [6.07, 6.45) is 3.44. The summed E-state index contributed by atoms with van der Waals surface area (Å²) in [6, 6.07) is 11.5. The van der Waals surface area contributed by atoms with Gasteiger partial charge < -0.3 is 15.0 Å². The van der Waals surface area contributed by atoms with Crippen LogP contribution in [0.1, 0.15) is 30.9 Å². The molecule has 6 heteroatoms. The Balaban J connectivity index is 1.79. The molecule has 2 amide bonds. The molecule has 0 unspecified atom stereocenters. The van der Waals surface area contributed by atoms with Crippen LogP contribution in [-0.4, -0.2) is 41.9 Å². The fourth-order valence-electron chi connectivity index (χ4n) is 3.65. The second kappa shape index (κ2) is 8.87.